The average Bonchev–Trinajstić information content (AvgIpc) is 3.38. The second-order valence-electron chi connectivity index (χ2n) is 8.94. The average molecular weight is 515 g/mol. The Morgan fingerprint density at radius 3 is 2.42 bits per heavy atom. The Hall–Kier alpha value is -3.60. The van der Waals surface area contributed by atoms with Crippen LogP contribution >= 0.6 is 12.4 Å². The maximum absolute atomic E-state index is 13.7. The molecular formula is C25H18ClF3N4O3. The fraction of sp³-hybridized carbons (Fsp3) is 0.200. The number of amides is 2. The summed E-state index contributed by atoms with van der Waals surface area (Å²) in [6.07, 6.45) is -4.66. The molecule has 0 radical (unpaired) electrons. The molecule has 36 heavy (non-hydrogen) atoms. The number of aromatic amines is 1. The number of para-hydroxylation sites is 1. The zero-order chi connectivity index (χ0) is 24.2. The van der Waals surface area contributed by atoms with Gasteiger partial charge in [0.15, 0.2) is 0 Å². The standard InChI is InChI=1S/C25H17F3N4O3.ClH/c26-25(27,28)14-5-4-11-15-17-18(24(35)31-23(17)34)16-12-3-1-2-10-8-29-6-7-32(21(10)12)22(16)20(15)30-19(11)13(14)9-33;/h1-5,29-30,33H,6-9H2,(H,31,34,35);1H. The van der Waals surface area contributed by atoms with Gasteiger partial charge in [0.25, 0.3) is 11.8 Å². The fourth-order valence-corrected chi connectivity index (χ4v) is 5.90. The maximum Gasteiger partial charge on any atom is 0.416 e. The van der Waals surface area contributed by atoms with E-state index >= 15 is 0 Å². The van der Waals surface area contributed by atoms with Gasteiger partial charge in [-0.1, -0.05) is 24.3 Å². The normalized spacial score (nSPS) is 15.6. The van der Waals surface area contributed by atoms with Crippen molar-refractivity contribution in [1.82, 2.24) is 20.2 Å². The van der Waals surface area contributed by atoms with Crippen LogP contribution in [0.3, 0.4) is 0 Å². The van der Waals surface area contributed by atoms with Crippen LogP contribution in [0.5, 0.6) is 0 Å². The predicted octanol–water partition coefficient (Wildman–Crippen LogP) is 4.35. The first-order valence-corrected chi connectivity index (χ1v) is 11.1. The molecule has 0 spiro atoms. The molecule has 184 valence electrons. The van der Waals surface area contributed by atoms with Crippen LogP contribution in [-0.4, -0.2) is 33.0 Å². The summed E-state index contributed by atoms with van der Waals surface area (Å²) in [6, 6.07) is 8.00. The minimum absolute atomic E-state index is 0. The van der Waals surface area contributed by atoms with Crippen molar-refractivity contribution in [2.75, 3.05) is 6.54 Å². The first-order valence-electron chi connectivity index (χ1n) is 11.1. The van der Waals surface area contributed by atoms with Crippen LogP contribution in [0.15, 0.2) is 30.3 Å². The third kappa shape index (κ3) is 2.71. The van der Waals surface area contributed by atoms with Gasteiger partial charge in [0.1, 0.15) is 0 Å². The van der Waals surface area contributed by atoms with E-state index in [0.717, 1.165) is 22.5 Å². The number of benzene rings is 3. The van der Waals surface area contributed by atoms with Crippen molar-refractivity contribution >= 4 is 67.8 Å². The lowest BCUT2D eigenvalue weighted by atomic mass is 9.95. The predicted molar refractivity (Wildman–Crippen MR) is 130 cm³/mol. The molecule has 2 amide bonds. The zero-order valence-corrected chi connectivity index (χ0v) is 19.3. The fourth-order valence-electron chi connectivity index (χ4n) is 5.90. The number of rotatable bonds is 1. The Bertz CT molecular complexity index is 1800. The van der Waals surface area contributed by atoms with Crippen LogP contribution in [0.4, 0.5) is 13.2 Å². The van der Waals surface area contributed by atoms with Crippen molar-refractivity contribution < 1.29 is 27.9 Å². The van der Waals surface area contributed by atoms with Crippen molar-refractivity contribution in [3.8, 4) is 0 Å². The van der Waals surface area contributed by atoms with E-state index in [4.69, 9.17) is 0 Å². The van der Waals surface area contributed by atoms with E-state index in [0.29, 0.717) is 46.8 Å². The summed E-state index contributed by atoms with van der Waals surface area (Å²) in [7, 11) is 0. The Balaban J connectivity index is 0.00000240. The van der Waals surface area contributed by atoms with Gasteiger partial charge in [-0.3, -0.25) is 14.9 Å². The smallest absolute Gasteiger partial charge is 0.392 e. The molecule has 2 aromatic heterocycles. The largest absolute Gasteiger partial charge is 0.416 e. The highest BCUT2D eigenvalue weighted by Crippen LogP contribution is 2.46. The van der Waals surface area contributed by atoms with Gasteiger partial charge in [-0.25, -0.2) is 0 Å². The van der Waals surface area contributed by atoms with Crippen LogP contribution in [0.25, 0.3) is 43.6 Å². The summed E-state index contributed by atoms with van der Waals surface area (Å²) in [6.45, 7) is 1.00. The molecule has 0 saturated heterocycles. The number of halogens is 4. The molecule has 4 heterocycles. The van der Waals surface area contributed by atoms with E-state index in [1.165, 1.54) is 6.07 Å². The van der Waals surface area contributed by atoms with E-state index < -0.39 is 30.2 Å². The molecule has 5 aromatic rings. The topological polar surface area (TPSA) is 99.2 Å². The lowest BCUT2D eigenvalue weighted by molar-refractivity contribution is -0.138. The Labute approximate surface area is 206 Å². The van der Waals surface area contributed by atoms with E-state index in [2.05, 4.69) is 20.2 Å². The molecule has 2 aliphatic heterocycles. The maximum atomic E-state index is 13.7. The van der Waals surface area contributed by atoms with Gasteiger partial charge >= 0.3 is 6.18 Å². The van der Waals surface area contributed by atoms with Crippen LogP contribution in [0.1, 0.15) is 37.4 Å². The highest BCUT2D eigenvalue weighted by Gasteiger charge is 2.38. The van der Waals surface area contributed by atoms with Crippen molar-refractivity contribution in [1.29, 1.82) is 0 Å². The summed E-state index contributed by atoms with van der Waals surface area (Å²) in [5.41, 5.74) is 2.31. The van der Waals surface area contributed by atoms with E-state index in [9.17, 15) is 27.9 Å². The van der Waals surface area contributed by atoms with Crippen molar-refractivity contribution in [3.05, 3.63) is 58.1 Å². The second-order valence-corrected chi connectivity index (χ2v) is 8.94. The molecule has 3 aromatic carbocycles. The summed E-state index contributed by atoms with van der Waals surface area (Å²) in [4.78, 5) is 29.2. The Kier molecular flexibility index (Phi) is 4.73. The Morgan fingerprint density at radius 2 is 1.69 bits per heavy atom. The van der Waals surface area contributed by atoms with Gasteiger partial charge in [0.05, 0.1) is 45.4 Å². The molecule has 0 fully saturated rings. The quantitative estimate of drug-likeness (QED) is 0.250. The molecule has 11 heteroatoms. The van der Waals surface area contributed by atoms with Crippen LogP contribution in [0, 0.1) is 0 Å². The van der Waals surface area contributed by atoms with Gasteiger partial charge < -0.3 is 20.0 Å². The van der Waals surface area contributed by atoms with Gasteiger partial charge in [0.2, 0.25) is 0 Å². The van der Waals surface area contributed by atoms with Crippen LogP contribution in [0.2, 0.25) is 0 Å². The van der Waals surface area contributed by atoms with Crippen molar-refractivity contribution in [2.45, 2.75) is 25.9 Å². The number of hydrogen-bond donors (Lipinski definition) is 4. The van der Waals surface area contributed by atoms with E-state index in [1.807, 2.05) is 18.2 Å². The summed E-state index contributed by atoms with van der Waals surface area (Å²) >= 11 is 0. The highest BCUT2D eigenvalue weighted by atomic mass is 35.5. The first-order chi connectivity index (χ1) is 16.8. The molecule has 2 aliphatic rings. The SMILES string of the molecule is Cl.O=C1NC(=O)c2c1c1c3ccc(C(F)(F)F)c(CO)c3[nH]c1c1c2c2cccc3c2n1CCNC3. The first kappa shape index (κ1) is 22.8. The summed E-state index contributed by atoms with van der Waals surface area (Å²) < 4.78 is 43.2. The molecule has 0 aliphatic carbocycles. The number of nitrogens with one attached hydrogen (secondary N) is 3. The summed E-state index contributed by atoms with van der Waals surface area (Å²) in [5.74, 6) is -1.12. The number of hydrogen-bond acceptors (Lipinski definition) is 4. The lowest BCUT2D eigenvalue weighted by Crippen LogP contribution is -2.20. The number of imide groups is 1. The highest BCUT2D eigenvalue weighted by molar-refractivity contribution is 6.39. The zero-order valence-electron chi connectivity index (χ0n) is 18.5. The van der Waals surface area contributed by atoms with Crippen LogP contribution < -0.4 is 10.6 Å². The third-order valence-electron chi connectivity index (χ3n) is 7.21. The number of carbonyl (C=O) groups excluding carboxylic acids is 2. The number of alkyl halides is 3. The third-order valence-corrected chi connectivity index (χ3v) is 7.21. The molecule has 4 N–H and O–H groups in total. The molecule has 7 rings (SSSR count). The van der Waals surface area contributed by atoms with E-state index in [-0.39, 0.29) is 34.6 Å². The molecule has 0 atom stereocenters. The number of carbonyl (C=O) groups is 2. The number of aliphatic hydroxyl groups excluding tert-OH is 1. The van der Waals surface area contributed by atoms with Gasteiger partial charge in [0, 0.05) is 46.7 Å². The number of nitrogens with zero attached hydrogens (tertiary/aromatic N) is 1. The number of aliphatic hydroxyl groups is 1. The molecule has 0 unspecified atom stereocenters. The van der Waals surface area contributed by atoms with Gasteiger partial charge in [-0.15, -0.1) is 12.4 Å². The number of H-pyrrole nitrogens is 1. The van der Waals surface area contributed by atoms with Crippen molar-refractivity contribution in [2.24, 2.45) is 0 Å². The molecular weight excluding hydrogens is 497 g/mol. The summed E-state index contributed by atoms with van der Waals surface area (Å²) in [5, 5.41) is 17.8. The van der Waals surface area contributed by atoms with Gasteiger partial charge in [-0.2, -0.15) is 13.2 Å². The lowest BCUT2D eigenvalue weighted by Gasteiger charge is -2.12. The van der Waals surface area contributed by atoms with Crippen molar-refractivity contribution in [3.63, 3.8) is 0 Å². The number of aromatic nitrogens is 2. The monoisotopic (exact) mass is 514 g/mol. The number of fused-ring (bicyclic) bond motifs is 10. The minimum atomic E-state index is -4.66. The molecule has 0 bridgehead atoms. The second kappa shape index (κ2) is 7.45. The van der Waals surface area contributed by atoms with E-state index in [1.54, 1.807) is 0 Å². The molecule has 0 saturated carbocycles. The Morgan fingerprint density at radius 1 is 0.944 bits per heavy atom. The van der Waals surface area contributed by atoms with Gasteiger partial charge in [-0.05, 0) is 11.6 Å². The van der Waals surface area contributed by atoms with Crippen LogP contribution in [-0.2, 0) is 25.9 Å². The minimum Gasteiger partial charge on any atom is -0.392 e. The molecule has 7 nitrogen and oxygen atoms in total.